The highest BCUT2D eigenvalue weighted by molar-refractivity contribution is 7.94. The van der Waals surface area contributed by atoms with E-state index in [1.54, 1.807) is 0 Å². The van der Waals surface area contributed by atoms with Gasteiger partial charge in [0, 0.05) is 24.5 Å². The molecule has 168 valence electrons. The van der Waals surface area contributed by atoms with Crippen molar-refractivity contribution in [1.82, 2.24) is 4.98 Å². The molecule has 2 aromatic carbocycles. The van der Waals surface area contributed by atoms with E-state index in [2.05, 4.69) is 57.2 Å². The predicted molar refractivity (Wildman–Crippen MR) is 136 cm³/mol. The molecule has 1 aromatic heterocycles. The number of aryl methyl sites for hydroxylation is 1. The van der Waals surface area contributed by atoms with Crippen molar-refractivity contribution >= 4 is 53.7 Å². The number of hydrogen-bond acceptors (Lipinski definition) is 5. The third kappa shape index (κ3) is 6.84. The molecule has 0 aliphatic rings. The predicted octanol–water partition coefficient (Wildman–Crippen LogP) is 6.42. The van der Waals surface area contributed by atoms with Crippen molar-refractivity contribution in [2.24, 2.45) is 11.7 Å². The van der Waals surface area contributed by atoms with Gasteiger partial charge in [0.2, 0.25) is 0 Å². The van der Waals surface area contributed by atoms with Gasteiger partial charge in [0.15, 0.2) is 0 Å². The maximum Gasteiger partial charge on any atom is 0.314 e. The fourth-order valence-electron chi connectivity index (χ4n) is 3.50. The molecule has 31 heavy (non-hydrogen) atoms. The lowest BCUT2D eigenvalue weighted by molar-refractivity contribution is -0.130. The molecule has 0 saturated carbocycles. The molecule has 0 atom stereocenters. The van der Waals surface area contributed by atoms with E-state index in [1.165, 1.54) is 12.5 Å². The maximum atomic E-state index is 11.1. The Morgan fingerprint density at radius 2 is 1.81 bits per heavy atom. The first-order chi connectivity index (χ1) is 13.9. The summed E-state index contributed by atoms with van der Waals surface area (Å²) in [6.07, 6.45) is 0.894. The summed E-state index contributed by atoms with van der Waals surface area (Å²) in [5.41, 5.74) is 14.0. The summed E-state index contributed by atoms with van der Waals surface area (Å²) >= 11 is 1.15. The monoisotopic (exact) mass is 480 g/mol. The zero-order valence-corrected chi connectivity index (χ0v) is 20.8. The molecule has 0 fully saturated rings. The molecule has 3 aromatic rings. The second-order valence-electron chi connectivity index (χ2n) is 7.77. The molecule has 0 bridgehead atoms. The molecular weight excluding hydrogens is 451 g/mol. The van der Waals surface area contributed by atoms with E-state index in [4.69, 9.17) is 14.9 Å². The van der Waals surface area contributed by atoms with Crippen LogP contribution < -0.4 is 5.73 Å². The minimum atomic E-state index is -0.290. The molecule has 0 spiro atoms. The van der Waals surface area contributed by atoms with Crippen LogP contribution in [0.2, 0.25) is 0 Å². The quantitative estimate of drug-likeness (QED) is 0.395. The van der Waals surface area contributed by atoms with Crippen LogP contribution in [0, 0.1) is 12.8 Å². The summed E-state index contributed by atoms with van der Waals surface area (Å²) in [7, 11) is 0. The Balaban J connectivity index is 0.00000240. The smallest absolute Gasteiger partial charge is 0.314 e. The van der Waals surface area contributed by atoms with Crippen molar-refractivity contribution in [3.63, 3.8) is 0 Å². The molecule has 0 aliphatic carbocycles. The van der Waals surface area contributed by atoms with E-state index < -0.39 is 0 Å². The van der Waals surface area contributed by atoms with Crippen LogP contribution in [0.4, 0.5) is 0 Å². The third-order valence-corrected chi connectivity index (χ3v) is 5.59. The van der Waals surface area contributed by atoms with Gasteiger partial charge in [-0.3, -0.25) is 9.78 Å². The fourth-order valence-corrected chi connectivity index (χ4v) is 4.04. The van der Waals surface area contributed by atoms with E-state index in [9.17, 15) is 4.79 Å². The number of aromatic nitrogens is 1. The number of halogens is 2. The van der Waals surface area contributed by atoms with Crippen molar-refractivity contribution < 1.29 is 8.98 Å². The number of hydrogen-bond donors (Lipinski definition) is 1. The summed E-state index contributed by atoms with van der Waals surface area (Å²) in [5.74, 6) is 0.797. The molecule has 1 heterocycles. The van der Waals surface area contributed by atoms with Gasteiger partial charge in [-0.15, -0.1) is 24.8 Å². The number of fused-ring (bicyclic) bond motifs is 1. The second kappa shape index (κ2) is 12.3. The minimum Gasteiger partial charge on any atom is -0.391 e. The van der Waals surface area contributed by atoms with Gasteiger partial charge in [-0.2, -0.15) is 0 Å². The van der Waals surface area contributed by atoms with Gasteiger partial charge in [-0.1, -0.05) is 49.7 Å². The highest BCUT2D eigenvalue weighted by atomic mass is 35.5. The van der Waals surface area contributed by atoms with Crippen molar-refractivity contribution in [1.29, 1.82) is 0 Å². The number of pyridine rings is 1. The normalized spacial score (nSPS) is 10.5. The van der Waals surface area contributed by atoms with E-state index in [1.807, 2.05) is 6.07 Å². The average Bonchev–Trinajstić information content (AvgIpc) is 2.67. The summed E-state index contributed by atoms with van der Waals surface area (Å²) in [4.78, 5) is 16.0. The van der Waals surface area contributed by atoms with Crippen LogP contribution in [0.1, 0.15) is 43.2 Å². The lowest BCUT2D eigenvalue weighted by Gasteiger charge is -2.18. The molecule has 7 heteroatoms. The molecular formula is C24H30Cl2N2O2S. The summed E-state index contributed by atoms with van der Waals surface area (Å²) in [6, 6.07) is 14.8. The minimum absolute atomic E-state index is 0. The molecule has 0 amide bonds. The van der Waals surface area contributed by atoms with Crippen molar-refractivity contribution in [3.05, 3.63) is 64.8 Å². The van der Waals surface area contributed by atoms with E-state index >= 15 is 0 Å². The number of carbonyl (C=O) groups is 1. The van der Waals surface area contributed by atoms with Gasteiger partial charge in [-0.05, 0) is 53.6 Å². The van der Waals surface area contributed by atoms with Crippen LogP contribution >= 0.6 is 36.9 Å². The topological polar surface area (TPSA) is 65.2 Å². The molecule has 0 aliphatic heterocycles. The number of benzene rings is 2. The van der Waals surface area contributed by atoms with Crippen LogP contribution in [0.25, 0.3) is 22.0 Å². The second-order valence-corrected chi connectivity index (χ2v) is 8.46. The van der Waals surface area contributed by atoms with Gasteiger partial charge >= 0.3 is 5.97 Å². The van der Waals surface area contributed by atoms with Crippen LogP contribution in [0.3, 0.4) is 0 Å². The van der Waals surface area contributed by atoms with Gasteiger partial charge in [0.05, 0.1) is 23.3 Å². The average molecular weight is 481 g/mol. The molecule has 0 saturated heterocycles. The van der Waals surface area contributed by atoms with E-state index in [0.29, 0.717) is 18.2 Å². The van der Waals surface area contributed by atoms with Crippen molar-refractivity contribution in [3.8, 4) is 11.1 Å². The van der Waals surface area contributed by atoms with Crippen molar-refractivity contribution in [2.75, 3.05) is 0 Å². The Morgan fingerprint density at radius 1 is 1.13 bits per heavy atom. The Bertz CT molecular complexity index is 1020. The lowest BCUT2D eigenvalue weighted by Crippen LogP contribution is -2.10. The maximum absolute atomic E-state index is 11.1. The first-order valence-electron chi connectivity index (χ1n) is 9.90. The Kier molecular flexibility index (Phi) is 10.8. The summed E-state index contributed by atoms with van der Waals surface area (Å²) < 4.78 is 5.04. The standard InChI is InChI=1S/C24H28N2O2S.2ClH/c1-15(2)11-23-21(13-25)24(19-8-5-16(3)6-9-19)20-12-18(7-10-22(20)26-23)14-29-28-17(4)27;;/h5-10,12,15H,11,13-14,25H2,1-4H3;2*1H. The molecule has 0 radical (unpaired) electrons. The first kappa shape index (κ1) is 27.2. The van der Waals surface area contributed by atoms with Crippen LogP contribution in [0.5, 0.6) is 0 Å². The zero-order chi connectivity index (χ0) is 21.0. The highest BCUT2D eigenvalue weighted by Gasteiger charge is 2.17. The van der Waals surface area contributed by atoms with Gasteiger partial charge < -0.3 is 9.92 Å². The van der Waals surface area contributed by atoms with Crippen LogP contribution in [-0.4, -0.2) is 11.0 Å². The number of nitrogens with two attached hydrogens (primary N) is 1. The molecule has 0 unspecified atom stereocenters. The molecule has 2 N–H and O–H groups in total. The van der Waals surface area contributed by atoms with E-state index in [-0.39, 0.29) is 30.8 Å². The lowest BCUT2D eigenvalue weighted by atomic mass is 9.90. The Labute approximate surface area is 201 Å². The van der Waals surface area contributed by atoms with E-state index in [0.717, 1.165) is 57.3 Å². The number of rotatable bonds is 7. The summed E-state index contributed by atoms with van der Waals surface area (Å²) in [6.45, 7) is 8.35. The fraction of sp³-hybridized carbons (Fsp3) is 0.333. The largest absolute Gasteiger partial charge is 0.391 e. The Hall–Kier alpha value is -1.79. The SMILES string of the molecule is CC(=O)OSCc1ccc2nc(CC(C)C)c(CN)c(-c3ccc(C)cc3)c2c1.Cl.Cl. The Morgan fingerprint density at radius 3 is 2.39 bits per heavy atom. The number of nitrogens with zero attached hydrogens (tertiary/aromatic N) is 1. The van der Waals surface area contributed by atoms with Gasteiger partial charge in [-0.25, -0.2) is 0 Å². The number of carbonyl (C=O) groups excluding carboxylic acids is 1. The van der Waals surface area contributed by atoms with Crippen LogP contribution in [-0.2, 0) is 27.7 Å². The summed E-state index contributed by atoms with van der Waals surface area (Å²) in [5, 5.41) is 1.09. The highest BCUT2D eigenvalue weighted by Crippen LogP contribution is 2.35. The van der Waals surface area contributed by atoms with Crippen LogP contribution in [0.15, 0.2) is 42.5 Å². The first-order valence-corrected chi connectivity index (χ1v) is 10.8. The van der Waals surface area contributed by atoms with Crippen molar-refractivity contribution in [2.45, 2.75) is 46.4 Å². The van der Waals surface area contributed by atoms with Gasteiger partial charge in [0.1, 0.15) is 0 Å². The molecule has 3 rings (SSSR count). The third-order valence-electron chi connectivity index (χ3n) is 4.78. The molecule has 4 nitrogen and oxygen atoms in total. The zero-order valence-electron chi connectivity index (χ0n) is 18.3. The van der Waals surface area contributed by atoms with Gasteiger partial charge in [0.25, 0.3) is 0 Å².